The van der Waals surface area contributed by atoms with Gasteiger partial charge < -0.3 is 10.6 Å². The lowest BCUT2D eigenvalue weighted by Gasteiger charge is -2.23. The Morgan fingerprint density at radius 3 is 2.89 bits per heavy atom. The van der Waals surface area contributed by atoms with Gasteiger partial charge in [-0.3, -0.25) is 9.48 Å². The van der Waals surface area contributed by atoms with E-state index in [4.69, 9.17) is 5.10 Å². The molecule has 4 heterocycles. The summed E-state index contributed by atoms with van der Waals surface area (Å²) in [6.45, 7) is 5.90. The van der Waals surface area contributed by atoms with E-state index in [2.05, 4.69) is 38.5 Å². The molecule has 27 heavy (non-hydrogen) atoms. The van der Waals surface area contributed by atoms with Crippen LogP contribution in [0.2, 0.25) is 0 Å². The van der Waals surface area contributed by atoms with Crippen LogP contribution >= 0.6 is 0 Å². The minimum absolute atomic E-state index is 0.0160. The maximum absolute atomic E-state index is 12.5. The van der Waals surface area contributed by atoms with Crippen LogP contribution < -0.4 is 10.6 Å². The molecule has 0 bridgehead atoms. The van der Waals surface area contributed by atoms with Crippen molar-refractivity contribution in [2.45, 2.75) is 38.1 Å². The lowest BCUT2D eigenvalue weighted by atomic mass is 9.83. The Labute approximate surface area is 158 Å². The molecule has 1 fully saturated rings. The number of benzene rings is 1. The summed E-state index contributed by atoms with van der Waals surface area (Å²) in [5.74, 6) is 0.637. The third kappa shape index (κ3) is 2.40. The van der Waals surface area contributed by atoms with Crippen LogP contribution in [0.25, 0.3) is 22.2 Å². The van der Waals surface area contributed by atoms with Gasteiger partial charge >= 0.3 is 0 Å². The third-order valence-corrected chi connectivity index (χ3v) is 5.86. The number of rotatable bonds is 2. The number of nitrogens with one attached hydrogen (secondary N) is 2. The highest BCUT2D eigenvalue weighted by atomic mass is 16.2. The van der Waals surface area contributed by atoms with Gasteiger partial charge in [0.05, 0.1) is 17.0 Å². The molecule has 0 radical (unpaired) electrons. The zero-order valence-corrected chi connectivity index (χ0v) is 15.6. The molecule has 2 aliphatic rings. The highest BCUT2D eigenvalue weighted by molar-refractivity contribution is 6.08. The maximum Gasteiger partial charge on any atom is 0.235 e. The predicted molar refractivity (Wildman–Crippen MR) is 106 cm³/mol. The molecule has 1 saturated heterocycles. The van der Waals surface area contributed by atoms with Gasteiger partial charge in [0.1, 0.15) is 11.5 Å². The first-order chi connectivity index (χ1) is 13.1. The molecule has 0 saturated carbocycles. The van der Waals surface area contributed by atoms with Crippen molar-refractivity contribution < 1.29 is 4.79 Å². The summed E-state index contributed by atoms with van der Waals surface area (Å²) in [7, 11) is 0. The van der Waals surface area contributed by atoms with Gasteiger partial charge in [-0.15, -0.1) is 0 Å². The highest BCUT2D eigenvalue weighted by Gasteiger charge is 2.42. The van der Waals surface area contributed by atoms with E-state index in [0.717, 1.165) is 53.7 Å². The van der Waals surface area contributed by atoms with Crippen molar-refractivity contribution in [1.82, 2.24) is 20.1 Å². The first-order valence-corrected chi connectivity index (χ1v) is 9.56. The van der Waals surface area contributed by atoms with Crippen LogP contribution in [-0.2, 0) is 10.2 Å². The maximum atomic E-state index is 12.5. The molecule has 2 aliphatic heterocycles. The summed E-state index contributed by atoms with van der Waals surface area (Å²) in [6, 6.07) is 10.7. The van der Waals surface area contributed by atoms with E-state index in [1.807, 2.05) is 26.0 Å². The van der Waals surface area contributed by atoms with E-state index in [9.17, 15) is 4.79 Å². The molecule has 1 atom stereocenters. The summed E-state index contributed by atoms with van der Waals surface area (Å²) >= 11 is 0. The summed E-state index contributed by atoms with van der Waals surface area (Å²) < 4.78 is 2.17. The smallest absolute Gasteiger partial charge is 0.235 e. The number of fused-ring (bicyclic) bond motifs is 2. The molecule has 5 rings (SSSR count). The van der Waals surface area contributed by atoms with Crippen molar-refractivity contribution >= 4 is 22.6 Å². The third-order valence-electron chi connectivity index (χ3n) is 5.86. The summed E-state index contributed by atoms with van der Waals surface area (Å²) in [4.78, 5) is 16.9. The minimum atomic E-state index is -0.629. The molecule has 3 aromatic rings. The summed E-state index contributed by atoms with van der Waals surface area (Å²) in [5, 5.41) is 12.6. The first-order valence-electron chi connectivity index (χ1n) is 9.56. The lowest BCUT2D eigenvalue weighted by molar-refractivity contribution is -0.119. The quantitative estimate of drug-likeness (QED) is 0.735. The van der Waals surface area contributed by atoms with Gasteiger partial charge in [0.25, 0.3) is 0 Å². The molecule has 0 unspecified atom stereocenters. The molecule has 138 valence electrons. The lowest BCUT2D eigenvalue weighted by Crippen LogP contribution is -2.32. The number of hydrogen-bond acceptors (Lipinski definition) is 4. The summed E-state index contributed by atoms with van der Waals surface area (Å²) in [6.07, 6.45) is 4.04. The van der Waals surface area contributed by atoms with Crippen LogP contribution in [-0.4, -0.2) is 33.8 Å². The molecule has 6 nitrogen and oxygen atoms in total. The van der Waals surface area contributed by atoms with Gasteiger partial charge in [-0.1, -0.05) is 18.2 Å². The number of nitrogens with zero attached hydrogens (tertiary/aromatic N) is 3. The van der Waals surface area contributed by atoms with Crippen molar-refractivity contribution in [2.75, 3.05) is 18.4 Å². The average Bonchev–Trinajstić information content (AvgIpc) is 3.18. The number of carbonyl (C=O) groups excluding carboxylic acids is 1. The van der Waals surface area contributed by atoms with Gasteiger partial charge in [-0.2, -0.15) is 5.10 Å². The van der Waals surface area contributed by atoms with Crippen molar-refractivity contribution in [3.8, 4) is 11.3 Å². The zero-order chi connectivity index (χ0) is 18.6. The topological polar surface area (TPSA) is 71.8 Å². The van der Waals surface area contributed by atoms with Gasteiger partial charge in [0, 0.05) is 29.3 Å². The molecule has 2 aromatic heterocycles. The molecule has 2 N–H and O–H groups in total. The largest absolute Gasteiger partial charge is 0.315 e. The van der Waals surface area contributed by atoms with E-state index < -0.39 is 5.41 Å². The summed E-state index contributed by atoms with van der Waals surface area (Å²) in [5.41, 5.74) is 3.37. The number of piperidine rings is 1. The van der Waals surface area contributed by atoms with Crippen molar-refractivity contribution in [2.24, 2.45) is 0 Å². The van der Waals surface area contributed by atoms with Gasteiger partial charge in [-0.05, 0) is 45.4 Å². The Kier molecular flexibility index (Phi) is 3.59. The van der Waals surface area contributed by atoms with Crippen LogP contribution in [0, 0.1) is 0 Å². The predicted octanol–water partition coefficient (Wildman–Crippen LogP) is 3.25. The monoisotopic (exact) mass is 361 g/mol. The number of para-hydroxylation sites is 1. The van der Waals surface area contributed by atoms with E-state index in [1.165, 1.54) is 0 Å². The van der Waals surface area contributed by atoms with Crippen molar-refractivity contribution in [1.29, 1.82) is 0 Å². The number of carbonyl (C=O) groups is 1. The van der Waals surface area contributed by atoms with Crippen molar-refractivity contribution in [3.63, 3.8) is 0 Å². The van der Waals surface area contributed by atoms with E-state index in [-0.39, 0.29) is 5.91 Å². The van der Waals surface area contributed by atoms with Crippen LogP contribution in [0.4, 0.5) is 5.82 Å². The first kappa shape index (κ1) is 16.4. The molecule has 1 aromatic carbocycles. The zero-order valence-electron chi connectivity index (χ0n) is 15.6. The molecular formula is C21H23N5O. The van der Waals surface area contributed by atoms with Crippen molar-refractivity contribution in [3.05, 3.63) is 42.1 Å². The normalized spacial score (nSPS) is 21.3. The van der Waals surface area contributed by atoms with Crippen LogP contribution in [0.15, 0.2) is 36.5 Å². The van der Waals surface area contributed by atoms with Crippen LogP contribution in [0.5, 0.6) is 0 Å². The molecule has 0 aliphatic carbocycles. The number of aromatic nitrogens is 3. The highest BCUT2D eigenvalue weighted by Crippen LogP contribution is 2.43. The Morgan fingerprint density at radius 1 is 1.22 bits per heavy atom. The molecule has 1 amide bonds. The second-order valence-corrected chi connectivity index (χ2v) is 7.97. The number of anilines is 1. The van der Waals surface area contributed by atoms with E-state index >= 15 is 0 Å². The number of pyridine rings is 1. The van der Waals surface area contributed by atoms with Crippen LogP contribution in [0.1, 0.15) is 38.3 Å². The molecule has 0 spiro atoms. The Morgan fingerprint density at radius 2 is 2.07 bits per heavy atom. The average molecular weight is 361 g/mol. The molecule has 6 heteroatoms. The van der Waals surface area contributed by atoms with Gasteiger partial charge in [-0.25, -0.2) is 4.98 Å². The second kappa shape index (κ2) is 5.89. The minimum Gasteiger partial charge on any atom is -0.315 e. The Balaban J connectivity index is 1.74. The molecular weight excluding hydrogens is 338 g/mol. The fourth-order valence-electron chi connectivity index (χ4n) is 4.37. The fraction of sp³-hybridized carbons (Fsp3) is 0.381. The van der Waals surface area contributed by atoms with E-state index in [1.54, 1.807) is 6.20 Å². The number of hydrogen-bond donors (Lipinski definition) is 2. The second-order valence-electron chi connectivity index (χ2n) is 7.97. The fourth-order valence-corrected chi connectivity index (χ4v) is 4.37. The number of amides is 1. The SMILES string of the molecule is CC1(C)C(=O)Nc2nccc(-c3nn([C@H]4CCCNC4)c4ccccc34)c21. The van der Waals surface area contributed by atoms with Crippen LogP contribution in [0.3, 0.4) is 0 Å². The van der Waals surface area contributed by atoms with Gasteiger partial charge in [0.15, 0.2) is 0 Å². The van der Waals surface area contributed by atoms with E-state index in [0.29, 0.717) is 11.9 Å². The standard InChI is InChI=1S/C21H23N5O/c1-21(2)17-15(9-11-23-19(17)24-20(21)27)18-14-7-3-4-8-16(14)26(25-18)13-6-5-10-22-12-13/h3-4,7-9,11,13,22H,5-6,10,12H2,1-2H3,(H,23,24,27)/t13-/m0/s1. The van der Waals surface area contributed by atoms with Gasteiger partial charge in [0.2, 0.25) is 5.91 Å². The Hall–Kier alpha value is -2.73. The Bertz CT molecular complexity index is 1050.